The normalized spacial score (nSPS) is 10.1. The molecule has 0 unspecified atom stereocenters. The molecule has 0 atom stereocenters. The fourth-order valence-corrected chi connectivity index (χ4v) is 2.27. The van der Waals surface area contributed by atoms with Gasteiger partial charge in [0.05, 0.1) is 28.4 Å². The summed E-state index contributed by atoms with van der Waals surface area (Å²) in [6.45, 7) is 0. The number of ether oxygens (including phenoxy) is 4. The van der Waals surface area contributed by atoms with Crippen LogP contribution in [0.25, 0.3) is 0 Å². The fraction of sp³-hybridized carbons (Fsp3) is 0.278. The first-order valence-electron chi connectivity index (χ1n) is 7.09. The second-order valence-electron chi connectivity index (χ2n) is 4.86. The van der Waals surface area contributed by atoms with E-state index in [1.807, 2.05) is 24.3 Å². The summed E-state index contributed by atoms with van der Waals surface area (Å²) in [5.74, 6) is 2.12. The Kier molecular flexibility index (Phi) is 5.46. The number of carbonyl (C=O) groups excluding carboxylic acids is 1. The summed E-state index contributed by atoms with van der Waals surface area (Å²) in [6.07, 6.45) is 0.280. The number of Topliss-reactive ketones (excluding diaryl/α,β-unsaturated/α-hetero) is 1. The van der Waals surface area contributed by atoms with Crippen molar-refractivity contribution in [1.82, 2.24) is 0 Å². The van der Waals surface area contributed by atoms with Crippen LogP contribution < -0.4 is 18.9 Å². The van der Waals surface area contributed by atoms with Crippen LogP contribution in [0, 0.1) is 0 Å². The van der Waals surface area contributed by atoms with Gasteiger partial charge in [0.1, 0.15) is 5.75 Å². The maximum Gasteiger partial charge on any atom is 0.203 e. The van der Waals surface area contributed by atoms with E-state index in [0.717, 1.165) is 11.3 Å². The molecule has 0 saturated heterocycles. The van der Waals surface area contributed by atoms with Gasteiger partial charge in [-0.25, -0.2) is 0 Å². The monoisotopic (exact) mass is 316 g/mol. The zero-order valence-electron chi connectivity index (χ0n) is 13.7. The SMILES string of the molecule is COc1ccc(CC(=O)c2cc(OC)c(OC)c(OC)c2)cc1. The van der Waals surface area contributed by atoms with Crippen LogP contribution in [0.1, 0.15) is 15.9 Å². The Morgan fingerprint density at radius 1 is 0.826 bits per heavy atom. The van der Waals surface area contributed by atoms with Crippen molar-refractivity contribution in [1.29, 1.82) is 0 Å². The summed E-state index contributed by atoms with van der Waals surface area (Å²) in [5.41, 5.74) is 1.42. The van der Waals surface area contributed by atoms with Crippen molar-refractivity contribution >= 4 is 5.78 Å². The highest BCUT2D eigenvalue weighted by Gasteiger charge is 2.17. The molecule has 0 saturated carbocycles. The summed E-state index contributed by atoms with van der Waals surface area (Å²) in [5, 5.41) is 0. The van der Waals surface area contributed by atoms with Gasteiger partial charge in [-0.05, 0) is 29.8 Å². The maximum absolute atomic E-state index is 12.5. The van der Waals surface area contributed by atoms with Crippen LogP contribution in [-0.4, -0.2) is 34.2 Å². The van der Waals surface area contributed by atoms with Crippen molar-refractivity contribution in [2.45, 2.75) is 6.42 Å². The van der Waals surface area contributed by atoms with E-state index >= 15 is 0 Å². The molecule has 5 nitrogen and oxygen atoms in total. The molecule has 23 heavy (non-hydrogen) atoms. The maximum atomic E-state index is 12.5. The summed E-state index contributed by atoms with van der Waals surface area (Å²) < 4.78 is 20.9. The summed E-state index contributed by atoms with van der Waals surface area (Å²) in [7, 11) is 6.18. The van der Waals surface area contributed by atoms with E-state index in [4.69, 9.17) is 18.9 Å². The molecule has 122 valence electrons. The number of ketones is 1. The summed E-state index contributed by atoms with van der Waals surface area (Å²) in [6, 6.07) is 10.7. The highest BCUT2D eigenvalue weighted by molar-refractivity contribution is 5.98. The standard InChI is InChI=1S/C18H20O5/c1-20-14-7-5-12(6-8-14)9-15(19)13-10-16(21-2)18(23-4)17(11-13)22-3/h5-8,10-11H,9H2,1-4H3. The van der Waals surface area contributed by atoms with Crippen molar-refractivity contribution in [3.63, 3.8) is 0 Å². The van der Waals surface area contributed by atoms with Crippen LogP contribution in [0.4, 0.5) is 0 Å². The van der Waals surface area contributed by atoms with Crippen LogP contribution >= 0.6 is 0 Å². The number of carbonyl (C=O) groups is 1. The topological polar surface area (TPSA) is 54.0 Å². The lowest BCUT2D eigenvalue weighted by Gasteiger charge is -2.13. The molecular weight excluding hydrogens is 296 g/mol. The zero-order valence-corrected chi connectivity index (χ0v) is 13.7. The number of hydrogen-bond acceptors (Lipinski definition) is 5. The van der Waals surface area contributed by atoms with E-state index in [9.17, 15) is 4.79 Å². The van der Waals surface area contributed by atoms with Crippen molar-refractivity contribution in [3.8, 4) is 23.0 Å². The highest BCUT2D eigenvalue weighted by atomic mass is 16.5. The van der Waals surface area contributed by atoms with Crippen LogP contribution in [0.3, 0.4) is 0 Å². The van der Waals surface area contributed by atoms with Gasteiger partial charge in [0.15, 0.2) is 17.3 Å². The van der Waals surface area contributed by atoms with Gasteiger partial charge in [0.2, 0.25) is 5.75 Å². The number of rotatable bonds is 7. The lowest BCUT2D eigenvalue weighted by Crippen LogP contribution is -2.05. The molecule has 0 spiro atoms. The smallest absolute Gasteiger partial charge is 0.203 e. The third kappa shape index (κ3) is 3.74. The molecule has 0 radical (unpaired) electrons. The van der Waals surface area contributed by atoms with Gasteiger partial charge in [0, 0.05) is 12.0 Å². The minimum Gasteiger partial charge on any atom is -0.497 e. The van der Waals surface area contributed by atoms with Crippen LogP contribution in [0.5, 0.6) is 23.0 Å². The van der Waals surface area contributed by atoms with Crippen LogP contribution in [0.2, 0.25) is 0 Å². The summed E-state index contributed by atoms with van der Waals surface area (Å²) in [4.78, 5) is 12.5. The molecule has 0 aliphatic carbocycles. The molecule has 2 aromatic carbocycles. The Balaban J connectivity index is 2.27. The molecule has 0 amide bonds. The highest BCUT2D eigenvalue weighted by Crippen LogP contribution is 2.38. The van der Waals surface area contributed by atoms with Crippen LogP contribution in [0.15, 0.2) is 36.4 Å². The second kappa shape index (κ2) is 7.54. The Labute approximate surface area is 135 Å². The Morgan fingerprint density at radius 2 is 1.39 bits per heavy atom. The van der Waals surface area contributed by atoms with Gasteiger partial charge in [0.25, 0.3) is 0 Å². The van der Waals surface area contributed by atoms with E-state index in [0.29, 0.717) is 22.8 Å². The second-order valence-corrected chi connectivity index (χ2v) is 4.86. The average molecular weight is 316 g/mol. The van der Waals surface area contributed by atoms with Gasteiger partial charge in [-0.1, -0.05) is 12.1 Å². The first-order valence-corrected chi connectivity index (χ1v) is 7.09. The Morgan fingerprint density at radius 3 is 1.83 bits per heavy atom. The van der Waals surface area contributed by atoms with Gasteiger partial charge in [-0.2, -0.15) is 0 Å². The van der Waals surface area contributed by atoms with Crippen LogP contribution in [-0.2, 0) is 6.42 Å². The van der Waals surface area contributed by atoms with E-state index < -0.39 is 0 Å². The molecule has 0 aromatic heterocycles. The van der Waals surface area contributed by atoms with Crippen molar-refractivity contribution < 1.29 is 23.7 Å². The van der Waals surface area contributed by atoms with Gasteiger partial charge in [-0.3, -0.25) is 4.79 Å². The minimum absolute atomic E-state index is 0.0329. The molecule has 5 heteroatoms. The van der Waals surface area contributed by atoms with E-state index in [1.165, 1.54) is 21.3 Å². The Hall–Kier alpha value is -2.69. The summed E-state index contributed by atoms with van der Waals surface area (Å²) >= 11 is 0. The Bertz CT molecular complexity index is 651. The first-order chi connectivity index (χ1) is 11.1. The molecule has 0 aliphatic heterocycles. The average Bonchev–Trinajstić information content (AvgIpc) is 2.60. The quantitative estimate of drug-likeness (QED) is 0.735. The minimum atomic E-state index is -0.0329. The molecule has 2 aromatic rings. The predicted molar refractivity (Wildman–Crippen MR) is 87.1 cm³/mol. The molecule has 0 N–H and O–H groups in total. The predicted octanol–water partition coefficient (Wildman–Crippen LogP) is 3.15. The number of hydrogen-bond donors (Lipinski definition) is 0. The van der Waals surface area contributed by atoms with Gasteiger partial charge in [-0.15, -0.1) is 0 Å². The number of benzene rings is 2. The fourth-order valence-electron chi connectivity index (χ4n) is 2.27. The van der Waals surface area contributed by atoms with E-state index in [-0.39, 0.29) is 12.2 Å². The lowest BCUT2D eigenvalue weighted by molar-refractivity contribution is 0.0992. The third-order valence-electron chi connectivity index (χ3n) is 3.51. The van der Waals surface area contributed by atoms with Gasteiger partial charge >= 0.3 is 0 Å². The van der Waals surface area contributed by atoms with E-state index in [2.05, 4.69) is 0 Å². The largest absolute Gasteiger partial charge is 0.497 e. The van der Waals surface area contributed by atoms with Gasteiger partial charge < -0.3 is 18.9 Å². The van der Waals surface area contributed by atoms with Crippen molar-refractivity contribution in [3.05, 3.63) is 47.5 Å². The first kappa shape index (κ1) is 16.7. The molecular formula is C18H20O5. The molecule has 0 bridgehead atoms. The van der Waals surface area contributed by atoms with Crippen molar-refractivity contribution in [2.75, 3.05) is 28.4 Å². The van der Waals surface area contributed by atoms with Crippen molar-refractivity contribution in [2.24, 2.45) is 0 Å². The van der Waals surface area contributed by atoms with E-state index in [1.54, 1.807) is 19.2 Å². The third-order valence-corrected chi connectivity index (χ3v) is 3.51. The zero-order chi connectivity index (χ0) is 16.8. The number of methoxy groups -OCH3 is 4. The lowest BCUT2D eigenvalue weighted by atomic mass is 10.0. The molecule has 0 heterocycles. The molecule has 0 aliphatic rings. The molecule has 2 rings (SSSR count). The molecule has 0 fully saturated rings.